The van der Waals surface area contributed by atoms with Crippen LogP contribution in [-0.4, -0.2) is 54.5 Å². The second-order valence-electron chi connectivity index (χ2n) is 14.0. The number of sulfonamides is 1. The molecule has 0 aromatic carbocycles. The zero-order valence-electron chi connectivity index (χ0n) is 26.3. The minimum absolute atomic E-state index is 0.178. The van der Waals surface area contributed by atoms with Gasteiger partial charge in [-0.05, 0) is 88.3 Å². The van der Waals surface area contributed by atoms with Crippen molar-refractivity contribution in [3.8, 4) is 0 Å². The summed E-state index contributed by atoms with van der Waals surface area (Å²) < 4.78 is 29.2. The van der Waals surface area contributed by atoms with Gasteiger partial charge in [-0.3, -0.25) is 9.78 Å². The van der Waals surface area contributed by atoms with E-state index in [0.717, 1.165) is 49.4 Å². The van der Waals surface area contributed by atoms with Crippen LogP contribution in [0.4, 0.5) is 17.3 Å². The van der Waals surface area contributed by atoms with Gasteiger partial charge in [-0.1, -0.05) is 26.8 Å². The molecule has 1 amide bonds. The maximum absolute atomic E-state index is 13.6. The third kappa shape index (κ3) is 6.11. The Bertz CT molecular complexity index is 1640. The lowest BCUT2D eigenvalue weighted by Crippen LogP contribution is -2.41. The maximum Gasteiger partial charge on any atom is 0.281 e. The van der Waals surface area contributed by atoms with Crippen molar-refractivity contribution in [3.05, 3.63) is 65.6 Å². The number of amides is 1. The molecule has 3 aromatic rings. The molecular formula is C33H43N7O3S. The molecule has 2 atom stereocenters. The number of aromatic nitrogens is 3. The predicted molar refractivity (Wildman–Crippen MR) is 173 cm³/mol. The van der Waals surface area contributed by atoms with Crippen LogP contribution in [0.3, 0.4) is 0 Å². The molecule has 3 aliphatic heterocycles. The SMILES string of the molecule is CC(C)(C)c1ccc2c(n1)N1C[C@@H](CCC(c3ccc(N4CCCC4)cn3)Nc3cccc(n3)S(=O)(=O)NC2=O)CC1(C)C. The highest BCUT2D eigenvalue weighted by Gasteiger charge is 2.41. The Labute approximate surface area is 260 Å². The fourth-order valence-corrected chi connectivity index (χ4v) is 7.65. The van der Waals surface area contributed by atoms with E-state index in [2.05, 4.69) is 71.6 Å². The average molecular weight is 618 g/mol. The highest BCUT2D eigenvalue weighted by molar-refractivity contribution is 7.90. The first kappa shape index (κ1) is 30.3. The van der Waals surface area contributed by atoms with Gasteiger partial charge >= 0.3 is 0 Å². The van der Waals surface area contributed by atoms with Crippen molar-refractivity contribution in [3.63, 3.8) is 0 Å². The van der Waals surface area contributed by atoms with Gasteiger partial charge in [0.2, 0.25) is 0 Å². The molecule has 0 aliphatic carbocycles. The molecule has 44 heavy (non-hydrogen) atoms. The quantitative estimate of drug-likeness (QED) is 0.387. The molecule has 4 bridgehead atoms. The van der Waals surface area contributed by atoms with E-state index in [0.29, 0.717) is 24.1 Å². The molecule has 6 heterocycles. The number of pyridine rings is 3. The molecule has 2 saturated heterocycles. The highest BCUT2D eigenvalue weighted by Crippen LogP contribution is 2.41. The summed E-state index contributed by atoms with van der Waals surface area (Å²) in [6.45, 7) is 13.4. The number of rotatable bonds is 2. The molecule has 2 fully saturated rings. The van der Waals surface area contributed by atoms with E-state index in [1.54, 1.807) is 18.2 Å². The first-order valence-electron chi connectivity index (χ1n) is 15.6. The zero-order valence-corrected chi connectivity index (χ0v) is 27.1. The predicted octanol–water partition coefficient (Wildman–Crippen LogP) is 5.44. The number of nitrogens with zero attached hydrogens (tertiary/aromatic N) is 5. The summed E-state index contributed by atoms with van der Waals surface area (Å²) in [4.78, 5) is 32.5. The van der Waals surface area contributed by atoms with Crippen LogP contribution in [0.2, 0.25) is 0 Å². The van der Waals surface area contributed by atoms with E-state index < -0.39 is 15.9 Å². The van der Waals surface area contributed by atoms with E-state index in [4.69, 9.17) is 9.97 Å². The van der Waals surface area contributed by atoms with Gasteiger partial charge in [0.25, 0.3) is 15.9 Å². The number of carbonyl (C=O) groups excluding carboxylic acids is 1. The van der Waals surface area contributed by atoms with Gasteiger partial charge < -0.3 is 15.1 Å². The second-order valence-corrected chi connectivity index (χ2v) is 15.6. The largest absolute Gasteiger partial charge is 0.370 e. The molecule has 2 N–H and O–H groups in total. The van der Waals surface area contributed by atoms with E-state index in [1.807, 2.05) is 12.3 Å². The standard InChI is InChI=1S/C33H43N7O3S/c1-32(2,3)27-16-13-24-30(36-27)40-21-22(19-33(40,4)5)11-14-26(25-15-12-23(20-34-25)39-17-6-7-18-39)35-28-9-8-10-29(37-28)44(42,43)38-31(24)41/h8-10,12-13,15-16,20,22,26H,6-7,11,14,17-19,21H2,1-5H3,(H,35,37)(H,38,41)/t22-,26?/m0/s1. The van der Waals surface area contributed by atoms with E-state index in [1.165, 1.54) is 18.9 Å². The van der Waals surface area contributed by atoms with Gasteiger partial charge in [0.05, 0.1) is 29.2 Å². The molecule has 0 radical (unpaired) electrons. The third-order valence-electron chi connectivity index (χ3n) is 9.11. The lowest BCUT2D eigenvalue weighted by molar-refractivity contribution is 0.0981. The Morgan fingerprint density at radius 1 is 0.977 bits per heavy atom. The van der Waals surface area contributed by atoms with Gasteiger partial charge in [0, 0.05) is 36.3 Å². The van der Waals surface area contributed by atoms with Crippen LogP contribution in [-0.2, 0) is 15.4 Å². The summed E-state index contributed by atoms with van der Waals surface area (Å²) in [6.07, 6.45) is 6.94. The van der Waals surface area contributed by atoms with Crippen LogP contribution in [0.5, 0.6) is 0 Å². The van der Waals surface area contributed by atoms with Crippen LogP contribution in [0, 0.1) is 5.92 Å². The normalized spacial score (nSPS) is 23.2. The lowest BCUT2D eigenvalue weighted by atomic mass is 9.90. The molecule has 1 unspecified atom stereocenters. The summed E-state index contributed by atoms with van der Waals surface area (Å²) >= 11 is 0. The van der Waals surface area contributed by atoms with Crippen LogP contribution in [0.15, 0.2) is 53.7 Å². The van der Waals surface area contributed by atoms with Crippen molar-refractivity contribution in [1.29, 1.82) is 0 Å². The van der Waals surface area contributed by atoms with Gasteiger partial charge in [0.1, 0.15) is 11.6 Å². The number of carbonyl (C=O) groups is 1. The Morgan fingerprint density at radius 3 is 2.45 bits per heavy atom. The van der Waals surface area contributed by atoms with Crippen molar-refractivity contribution in [2.45, 2.75) is 88.7 Å². The fourth-order valence-electron chi connectivity index (χ4n) is 6.72. The molecular weight excluding hydrogens is 574 g/mol. The topological polar surface area (TPSA) is 120 Å². The monoisotopic (exact) mass is 617 g/mol. The van der Waals surface area contributed by atoms with Crippen molar-refractivity contribution in [2.24, 2.45) is 5.92 Å². The van der Waals surface area contributed by atoms with Gasteiger partial charge in [-0.2, -0.15) is 8.42 Å². The third-order valence-corrected chi connectivity index (χ3v) is 10.3. The van der Waals surface area contributed by atoms with Crippen molar-refractivity contribution < 1.29 is 13.2 Å². The minimum atomic E-state index is -4.27. The van der Waals surface area contributed by atoms with Crippen molar-refractivity contribution in [2.75, 3.05) is 34.8 Å². The second kappa shape index (κ2) is 11.3. The summed E-state index contributed by atoms with van der Waals surface area (Å²) in [5.74, 6) is 0.545. The Morgan fingerprint density at radius 2 is 1.75 bits per heavy atom. The van der Waals surface area contributed by atoms with E-state index in [-0.39, 0.29) is 27.6 Å². The smallest absolute Gasteiger partial charge is 0.281 e. The Kier molecular flexibility index (Phi) is 7.80. The van der Waals surface area contributed by atoms with E-state index in [9.17, 15) is 13.2 Å². The maximum atomic E-state index is 13.6. The first-order valence-corrected chi connectivity index (χ1v) is 17.1. The number of anilines is 3. The van der Waals surface area contributed by atoms with Crippen LogP contribution in [0.1, 0.15) is 94.5 Å². The fraction of sp³-hybridized carbons (Fsp3) is 0.515. The number of hydrogen-bond donors (Lipinski definition) is 2. The van der Waals surface area contributed by atoms with Crippen LogP contribution in [0.25, 0.3) is 0 Å². The summed E-state index contributed by atoms with van der Waals surface area (Å²) in [7, 11) is -4.27. The number of fused-ring (bicyclic) bond motifs is 6. The van der Waals surface area contributed by atoms with Crippen molar-refractivity contribution in [1.82, 2.24) is 19.7 Å². The van der Waals surface area contributed by atoms with Crippen LogP contribution >= 0.6 is 0 Å². The molecule has 0 saturated carbocycles. The molecule has 3 aromatic heterocycles. The summed E-state index contributed by atoms with van der Waals surface area (Å²) in [6, 6.07) is 12.3. The minimum Gasteiger partial charge on any atom is -0.370 e. The lowest BCUT2D eigenvalue weighted by Gasteiger charge is -2.34. The first-order chi connectivity index (χ1) is 20.8. The molecule has 6 rings (SSSR count). The molecule has 11 heteroatoms. The molecule has 0 spiro atoms. The Hall–Kier alpha value is -3.73. The molecule has 234 valence electrons. The van der Waals surface area contributed by atoms with E-state index >= 15 is 0 Å². The number of hydrogen-bond acceptors (Lipinski definition) is 9. The average Bonchev–Trinajstić information content (AvgIpc) is 3.62. The molecule has 3 aliphatic rings. The number of nitrogens with one attached hydrogen (secondary N) is 2. The summed E-state index contributed by atoms with van der Waals surface area (Å²) in [5, 5.41) is 3.24. The summed E-state index contributed by atoms with van der Waals surface area (Å²) in [5.41, 5.74) is 2.55. The van der Waals surface area contributed by atoms with Gasteiger partial charge in [-0.25, -0.2) is 14.7 Å². The van der Waals surface area contributed by atoms with Gasteiger partial charge in [-0.15, -0.1) is 0 Å². The van der Waals surface area contributed by atoms with Crippen LogP contribution < -0.4 is 19.8 Å². The zero-order chi connectivity index (χ0) is 31.3. The Balaban J connectivity index is 1.40. The van der Waals surface area contributed by atoms with Crippen molar-refractivity contribution >= 4 is 33.3 Å². The molecule has 10 nitrogen and oxygen atoms in total. The van der Waals surface area contributed by atoms with Gasteiger partial charge in [0.15, 0.2) is 5.03 Å². The highest BCUT2D eigenvalue weighted by atomic mass is 32.2.